The third-order valence-corrected chi connectivity index (χ3v) is 4.01. The zero-order valence-corrected chi connectivity index (χ0v) is 12.9. The van der Waals surface area contributed by atoms with Gasteiger partial charge in [0.2, 0.25) is 0 Å². The van der Waals surface area contributed by atoms with Crippen LogP contribution in [0.1, 0.15) is 5.76 Å². The quantitative estimate of drug-likeness (QED) is 0.516. The molecule has 116 valence electrons. The Morgan fingerprint density at radius 3 is 2.78 bits per heavy atom. The zero-order chi connectivity index (χ0) is 16.6. The molecule has 1 aromatic carbocycles. The molecule has 0 fully saturated rings. The van der Waals surface area contributed by atoms with Crippen LogP contribution in [0.3, 0.4) is 0 Å². The lowest BCUT2D eigenvalue weighted by Crippen LogP contribution is -2.01. The number of amides is 1. The molecule has 23 heavy (non-hydrogen) atoms. The summed E-state index contributed by atoms with van der Waals surface area (Å²) in [4.78, 5) is 26.0. The smallest absolute Gasteiger partial charge is 0.286 e. The van der Waals surface area contributed by atoms with Gasteiger partial charge in [-0.3, -0.25) is 14.9 Å². The second-order valence-electron chi connectivity index (χ2n) is 4.49. The van der Waals surface area contributed by atoms with Crippen LogP contribution < -0.4 is 5.73 Å². The number of halogens is 1. The van der Waals surface area contributed by atoms with Crippen LogP contribution in [-0.4, -0.2) is 16.0 Å². The maximum atomic E-state index is 11.5. The Balaban J connectivity index is 1.96. The number of carbonyl (C=O) groups excluding carboxylic acids is 1. The summed E-state index contributed by atoms with van der Waals surface area (Å²) in [7, 11) is 0. The summed E-state index contributed by atoms with van der Waals surface area (Å²) >= 11 is 6.82. The van der Waals surface area contributed by atoms with E-state index in [0.717, 1.165) is 11.8 Å². The Morgan fingerprint density at radius 2 is 2.13 bits per heavy atom. The number of nitrogens with zero attached hydrogens (tertiary/aromatic N) is 2. The Kier molecular flexibility index (Phi) is 3.93. The van der Waals surface area contributed by atoms with E-state index in [0.29, 0.717) is 22.0 Å². The number of benzene rings is 1. The van der Waals surface area contributed by atoms with Gasteiger partial charge in [0, 0.05) is 17.2 Å². The Hall–Kier alpha value is -2.58. The first-order chi connectivity index (χ1) is 10.9. The number of hydrogen-bond acceptors (Lipinski definition) is 6. The molecule has 0 saturated heterocycles. The van der Waals surface area contributed by atoms with Crippen LogP contribution >= 0.6 is 23.4 Å². The van der Waals surface area contributed by atoms with Crippen molar-refractivity contribution in [3.05, 3.63) is 56.1 Å². The first-order valence-corrected chi connectivity index (χ1v) is 7.45. The lowest BCUT2D eigenvalue weighted by atomic mass is 10.1. The first kappa shape index (κ1) is 15.3. The number of aliphatic imine (C=N–C) groups is 1. The average molecular weight is 350 g/mol. The fraction of sp³-hybridized carbons (Fsp3) is 0. The molecule has 9 heteroatoms. The highest BCUT2D eigenvalue weighted by Gasteiger charge is 2.21. The number of thioether (sulfide) groups is 1. The number of carbonyl (C=O) groups is 1. The van der Waals surface area contributed by atoms with E-state index < -0.39 is 10.8 Å². The number of hydrogen-bond donors (Lipinski definition) is 1. The molecule has 0 atom stereocenters. The van der Waals surface area contributed by atoms with E-state index in [9.17, 15) is 14.9 Å². The molecule has 0 unspecified atom stereocenters. The van der Waals surface area contributed by atoms with Gasteiger partial charge < -0.3 is 10.2 Å². The number of nitrogens with two attached hydrogens (primary N) is 1. The zero-order valence-electron chi connectivity index (χ0n) is 11.4. The minimum atomic E-state index is -0.535. The maximum absolute atomic E-state index is 11.5. The average Bonchev–Trinajstić information content (AvgIpc) is 3.06. The van der Waals surface area contributed by atoms with Crippen LogP contribution in [0.4, 0.5) is 5.69 Å². The number of rotatable bonds is 3. The van der Waals surface area contributed by atoms with Crippen LogP contribution in [0.5, 0.6) is 0 Å². The largest absolute Gasteiger partial charge is 0.456 e. The summed E-state index contributed by atoms with van der Waals surface area (Å²) in [6, 6.07) is 7.48. The number of furan rings is 1. The van der Waals surface area contributed by atoms with Crippen molar-refractivity contribution in [1.82, 2.24) is 0 Å². The van der Waals surface area contributed by atoms with E-state index in [1.807, 2.05) is 0 Å². The molecule has 1 aliphatic rings. The summed E-state index contributed by atoms with van der Waals surface area (Å²) in [5, 5.41) is 11.6. The van der Waals surface area contributed by atoms with Crippen LogP contribution in [0, 0.1) is 10.1 Å². The van der Waals surface area contributed by atoms with Gasteiger partial charge >= 0.3 is 0 Å². The molecule has 0 aliphatic carbocycles. The van der Waals surface area contributed by atoms with Crippen LogP contribution in [0.2, 0.25) is 5.02 Å². The van der Waals surface area contributed by atoms with Crippen LogP contribution in [0.25, 0.3) is 17.4 Å². The van der Waals surface area contributed by atoms with Gasteiger partial charge in [-0.05, 0) is 36.0 Å². The minimum absolute atomic E-state index is 0.162. The van der Waals surface area contributed by atoms with Gasteiger partial charge in [-0.2, -0.15) is 4.99 Å². The third kappa shape index (κ3) is 3.13. The Labute approximate surface area is 139 Å². The predicted octanol–water partition coefficient (Wildman–Crippen LogP) is 3.44. The van der Waals surface area contributed by atoms with Gasteiger partial charge in [-0.25, -0.2) is 0 Å². The van der Waals surface area contributed by atoms with Crippen LogP contribution in [-0.2, 0) is 4.79 Å². The fourth-order valence-corrected chi connectivity index (χ4v) is 2.82. The summed E-state index contributed by atoms with van der Waals surface area (Å²) in [6.07, 6.45) is 1.49. The fourth-order valence-electron chi connectivity index (χ4n) is 1.99. The molecule has 0 saturated carbocycles. The van der Waals surface area contributed by atoms with Crippen molar-refractivity contribution in [3.8, 4) is 11.3 Å². The van der Waals surface area contributed by atoms with Crippen molar-refractivity contribution in [3.63, 3.8) is 0 Å². The van der Waals surface area contributed by atoms with E-state index in [1.165, 1.54) is 24.3 Å². The summed E-state index contributed by atoms with van der Waals surface area (Å²) in [5.41, 5.74) is 5.60. The van der Waals surface area contributed by atoms with Gasteiger partial charge in [0.25, 0.3) is 11.6 Å². The lowest BCUT2D eigenvalue weighted by molar-refractivity contribution is -0.384. The van der Waals surface area contributed by atoms with Crippen LogP contribution in [0.15, 0.2) is 44.6 Å². The third-order valence-electron chi connectivity index (χ3n) is 2.96. The van der Waals surface area contributed by atoms with Crippen molar-refractivity contribution in [2.24, 2.45) is 10.7 Å². The van der Waals surface area contributed by atoms with Crippen molar-refractivity contribution in [2.45, 2.75) is 0 Å². The predicted molar refractivity (Wildman–Crippen MR) is 88.0 cm³/mol. The molecular weight excluding hydrogens is 342 g/mol. The molecule has 2 heterocycles. The van der Waals surface area contributed by atoms with Crippen molar-refractivity contribution < 1.29 is 14.1 Å². The van der Waals surface area contributed by atoms with E-state index in [2.05, 4.69) is 4.99 Å². The van der Waals surface area contributed by atoms with Crippen molar-refractivity contribution in [1.29, 1.82) is 0 Å². The molecule has 2 N–H and O–H groups in total. The highest BCUT2D eigenvalue weighted by molar-refractivity contribution is 8.18. The molecule has 0 spiro atoms. The molecule has 3 rings (SSSR count). The van der Waals surface area contributed by atoms with E-state index in [1.54, 1.807) is 12.1 Å². The first-order valence-electron chi connectivity index (χ1n) is 6.26. The second kappa shape index (κ2) is 5.90. The topological polar surface area (TPSA) is 112 Å². The molecule has 2 aromatic rings. The van der Waals surface area contributed by atoms with Crippen molar-refractivity contribution in [2.75, 3.05) is 0 Å². The van der Waals surface area contributed by atoms with Gasteiger partial charge in [0.15, 0.2) is 5.17 Å². The molecule has 1 aromatic heterocycles. The van der Waals surface area contributed by atoms with Gasteiger partial charge in [-0.1, -0.05) is 11.6 Å². The summed E-state index contributed by atoms with van der Waals surface area (Å²) in [6.45, 7) is 0. The number of nitro groups is 1. The molecule has 7 nitrogen and oxygen atoms in total. The standard InChI is InChI=1S/C14H8ClN3O4S/c15-7-1-3-9(10(5-7)18(20)21)11-4-2-8(22-11)6-12-13(19)17-14(16)23-12/h1-6H,(H2,16,17,19). The van der Waals surface area contributed by atoms with Crippen molar-refractivity contribution >= 4 is 46.2 Å². The molecule has 0 bridgehead atoms. The molecule has 1 amide bonds. The van der Waals surface area contributed by atoms with Gasteiger partial charge in [-0.15, -0.1) is 0 Å². The lowest BCUT2D eigenvalue weighted by Gasteiger charge is -2.00. The SMILES string of the molecule is NC1=NC(=O)C(=Cc2ccc(-c3ccc(Cl)cc3[N+](=O)[O-])o2)S1. The molecular formula is C14H8ClN3O4S. The minimum Gasteiger partial charge on any atom is -0.456 e. The number of nitro benzene ring substituents is 1. The highest BCUT2D eigenvalue weighted by atomic mass is 35.5. The monoisotopic (exact) mass is 349 g/mol. The number of amidine groups is 1. The van der Waals surface area contributed by atoms with E-state index in [4.69, 9.17) is 21.8 Å². The highest BCUT2D eigenvalue weighted by Crippen LogP contribution is 2.34. The summed E-state index contributed by atoms with van der Waals surface area (Å²) in [5.74, 6) is 0.220. The van der Waals surface area contributed by atoms with Gasteiger partial charge in [0.1, 0.15) is 11.5 Å². The maximum Gasteiger partial charge on any atom is 0.286 e. The molecule has 0 radical (unpaired) electrons. The Bertz CT molecular complexity index is 888. The van der Waals surface area contributed by atoms with E-state index >= 15 is 0 Å². The van der Waals surface area contributed by atoms with E-state index in [-0.39, 0.29) is 15.9 Å². The summed E-state index contributed by atoms with van der Waals surface area (Å²) < 4.78 is 5.56. The van der Waals surface area contributed by atoms with Gasteiger partial charge in [0.05, 0.1) is 15.4 Å². The normalized spacial score (nSPS) is 16.0. The second-order valence-corrected chi connectivity index (χ2v) is 5.99. The Morgan fingerprint density at radius 1 is 1.35 bits per heavy atom. The molecule has 1 aliphatic heterocycles.